The Morgan fingerprint density at radius 2 is 2.25 bits per heavy atom. The van der Waals surface area contributed by atoms with Crippen LogP contribution in [0.2, 0.25) is 0 Å². The maximum Gasteiger partial charge on any atom is 0.262 e. The monoisotopic (exact) mass is 326 g/mol. The third kappa shape index (κ3) is 2.73. The van der Waals surface area contributed by atoms with Crippen molar-refractivity contribution in [1.29, 1.82) is 0 Å². The van der Waals surface area contributed by atoms with Gasteiger partial charge >= 0.3 is 0 Å². The Hall–Kier alpha value is -2.83. The van der Waals surface area contributed by atoms with Gasteiger partial charge in [0.1, 0.15) is 11.6 Å². The fourth-order valence-electron chi connectivity index (χ4n) is 2.92. The number of nitrogens with one attached hydrogen (secondary N) is 2. The van der Waals surface area contributed by atoms with Gasteiger partial charge in [0.15, 0.2) is 6.61 Å². The number of carbonyl (C=O) groups excluding carboxylic acids is 2. The van der Waals surface area contributed by atoms with E-state index in [-0.39, 0.29) is 24.5 Å². The van der Waals surface area contributed by atoms with Crippen LogP contribution >= 0.6 is 0 Å². The second kappa shape index (κ2) is 5.67. The van der Waals surface area contributed by atoms with E-state index in [4.69, 9.17) is 4.74 Å². The molecule has 1 saturated carbocycles. The highest BCUT2D eigenvalue weighted by Crippen LogP contribution is 2.40. The van der Waals surface area contributed by atoms with Crippen molar-refractivity contribution in [3.63, 3.8) is 0 Å². The zero-order valence-corrected chi connectivity index (χ0v) is 13.3. The molecule has 2 aliphatic rings. The van der Waals surface area contributed by atoms with Gasteiger partial charge in [0.05, 0.1) is 17.9 Å². The van der Waals surface area contributed by atoms with Crippen LogP contribution in [0.1, 0.15) is 36.2 Å². The summed E-state index contributed by atoms with van der Waals surface area (Å²) in [6.45, 7) is 2.08. The molecule has 1 aromatic heterocycles. The molecule has 7 nitrogen and oxygen atoms in total. The molecule has 1 atom stereocenters. The summed E-state index contributed by atoms with van der Waals surface area (Å²) in [4.78, 5) is 23.8. The SMILES string of the molecule is CC(C1CC1)n1nccc1NC(=O)c1ccc2c(c1)OCC(=O)N2. The smallest absolute Gasteiger partial charge is 0.262 e. The number of aromatic nitrogens is 2. The van der Waals surface area contributed by atoms with Crippen LogP contribution in [-0.2, 0) is 4.79 Å². The first-order valence-electron chi connectivity index (χ1n) is 8.03. The van der Waals surface area contributed by atoms with Crippen molar-refractivity contribution in [2.45, 2.75) is 25.8 Å². The number of fused-ring (bicyclic) bond motifs is 1. The molecule has 24 heavy (non-hydrogen) atoms. The third-order valence-corrected chi connectivity index (χ3v) is 4.48. The fourth-order valence-corrected chi connectivity index (χ4v) is 2.92. The number of benzene rings is 1. The number of anilines is 2. The van der Waals surface area contributed by atoms with Gasteiger partial charge in [-0.2, -0.15) is 5.10 Å². The molecule has 0 spiro atoms. The Bertz CT molecular complexity index is 810. The largest absolute Gasteiger partial charge is 0.482 e. The van der Waals surface area contributed by atoms with E-state index in [0.29, 0.717) is 28.7 Å². The fraction of sp³-hybridized carbons (Fsp3) is 0.353. The summed E-state index contributed by atoms with van der Waals surface area (Å²) in [5.74, 6) is 1.40. The third-order valence-electron chi connectivity index (χ3n) is 4.48. The highest BCUT2D eigenvalue weighted by atomic mass is 16.5. The van der Waals surface area contributed by atoms with Gasteiger partial charge in [-0.25, -0.2) is 4.68 Å². The molecule has 2 aromatic rings. The predicted molar refractivity (Wildman–Crippen MR) is 88.2 cm³/mol. The van der Waals surface area contributed by atoms with E-state index in [0.717, 1.165) is 0 Å². The first kappa shape index (κ1) is 14.7. The lowest BCUT2D eigenvalue weighted by Crippen LogP contribution is -2.25. The molecule has 0 bridgehead atoms. The van der Waals surface area contributed by atoms with Crippen molar-refractivity contribution < 1.29 is 14.3 Å². The van der Waals surface area contributed by atoms with Gasteiger partial charge in [-0.3, -0.25) is 9.59 Å². The number of ether oxygens (including phenoxy) is 1. The number of carbonyl (C=O) groups is 2. The Morgan fingerprint density at radius 3 is 3.04 bits per heavy atom. The Labute approximate surface area is 139 Å². The van der Waals surface area contributed by atoms with Crippen LogP contribution in [0, 0.1) is 5.92 Å². The lowest BCUT2D eigenvalue weighted by atomic mass is 10.1. The number of hydrogen-bond donors (Lipinski definition) is 2. The molecule has 4 rings (SSSR count). The average Bonchev–Trinajstić information content (AvgIpc) is 3.33. The summed E-state index contributed by atoms with van der Waals surface area (Å²) < 4.78 is 7.22. The molecule has 0 radical (unpaired) electrons. The van der Waals surface area contributed by atoms with Gasteiger partial charge in [0.2, 0.25) is 0 Å². The second-order valence-corrected chi connectivity index (χ2v) is 6.24. The molecule has 1 unspecified atom stereocenters. The summed E-state index contributed by atoms with van der Waals surface area (Å²) in [5, 5.41) is 9.94. The number of nitrogens with zero attached hydrogens (tertiary/aromatic N) is 2. The van der Waals surface area contributed by atoms with Crippen molar-refractivity contribution in [2.75, 3.05) is 17.2 Å². The summed E-state index contributed by atoms with van der Waals surface area (Å²) in [6.07, 6.45) is 4.12. The Morgan fingerprint density at radius 1 is 1.42 bits per heavy atom. The zero-order valence-electron chi connectivity index (χ0n) is 13.3. The average molecular weight is 326 g/mol. The predicted octanol–water partition coefficient (Wildman–Crippen LogP) is 2.44. The quantitative estimate of drug-likeness (QED) is 0.903. The zero-order chi connectivity index (χ0) is 16.7. The lowest BCUT2D eigenvalue weighted by Gasteiger charge is -2.19. The van der Waals surface area contributed by atoms with Crippen LogP contribution < -0.4 is 15.4 Å². The number of amides is 2. The highest BCUT2D eigenvalue weighted by molar-refractivity contribution is 6.05. The Balaban J connectivity index is 1.53. The van der Waals surface area contributed by atoms with Gasteiger partial charge in [-0.1, -0.05) is 0 Å². The molecule has 2 heterocycles. The summed E-state index contributed by atoms with van der Waals surface area (Å²) in [5.41, 5.74) is 1.05. The highest BCUT2D eigenvalue weighted by Gasteiger charge is 2.31. The van der Waals surface area contributed by atoms with Crippen molar-refractivity contribution in [2.24, 2.45) is 5.92 Å². The molecule has 2 amide bonds. The van der Waals surface area contributed by atoms with Crippen LogP contribution in [0.25, 0.3) is 0 Å². The van der Waals surface area contributed by atoms with Crippen LogP contribution in [0.15, 0.2) is 30.5 Å². The molecule has 1 fully saturated rings. The molecule has 124 valence electrons. The normalized spacial score (nSPS) is 17.5. The van der Waals surface area contributed by atoms with E-state index < -0.39 is 0 Å². The van der Waals surface area contributed by atoms with Crippen LogP contribution in [0.4, 0.5) is 11.5 Å². The molecule has 1 aromatic carbocycles. The van der Waals surface area contributed by atoms with Gasteiger partial charge in [-0.15, -0.1) is 0 Å². The minimum Gasteiger partial charge on any atom is -0.482 e. The van der Waals surface area contributed by atoms with E-state index in [2.05, 4.69) is 22.7 Å². The summed E-state index contributed by atoms with van der Waals surface area (Å²) in [7, 11) is 0. The van der Waals surface area contributed by atoms with E-state index in [9.17, 15) is 9.59 Å². The van der Waals surface area contributed by atoms with Crippen LogP contribution in [0.3, 0.4) is 0 Å². The number of hydrogen-bond acceptors (Lipinski definition) is 4. The summed E-state index contributed by atoms with van der Waals surface area (Å²) in [6, 6.07) is 7.04. The van der Waals surface area contributed by atoms with E-state index in [1.165, 1.54) is 12.8 Å². The standard InChI is InChI=1S/C17H18N4O3/c1-10(11-2-3-11)21-15(6-7-18-21)20-17(23)12-4-5-13-14(8-12)24-9-16(22)19-13/h4-8,10-11H,2-3,9H2,1H3,(H,19,22)(H,20,23). The van der Waals surface area contributed by atoms with E-state index >= 15 is 0 Å². The minimum atomic E-state index is -0.233. The molecule has 7 heteroatoms. The lowest BCUT2D eigenvalue weighted by molar-refractivity contribution is -0.118. The first-order valence-corrected chi connectivity index (χ1v) is 8.03. The topological polar surface area (TPSA) is 85.2 Å². The minimum absolute atomic E-state index is 0.0380. The van der Waals surface area contributed by atoms with Crippen molar-refractivity contribution in [1.82, 2.24) is 9.78 Å². The maximum atomic E-state index is 12.5. The van der Waals surface area contributed by atoms with Crippen LogP contribution in [-0.4, -0.2) is 28.2 Å². The second-order valence-electron chi connectivity index (χ2n) is 6.24. The summed E-state index contributed by atoms with van der Waals surface area (Å²) >= 11 is 0. The maximum absolute atomic E-state index is 12.5. The van der Waals surface area contributed by atoms with Gasteiger partial charge < -0.3 is 15.4 Å². The molecule has 0 saturated heterocycles. The number of rotatable bonds is 4. The van der Waals surface area contributed by atoms with E-state index in [1.807, 2.05) is 4.68 Å². The first-order chi connectivity index (χ1) is 11.6. The molecular formula is C17H18N4O3. The Kier molecular flexibility index (Phi) is 3.48. The van der Waals surface area contributed by atoms with E-state index in [1.54, 1.807) is 30.5 Å². The van der Waals surface area contributed by atoms with Gasteiger partial charge in [0.25, 0.3) is 11.8 Å². The molecular weight excluding hydrogens is 308 g/mol. The molecule has 1 aliphatic carbocycles. The van der Waals surface area contributed by atoms with Gasteiger partial charge in [-0.05, 0) is 43.9 Å². The van der Waals surface area contributed by atoms with Gasteiger partial charge in [0, 0.05) is 11.6 Å². The van der Waals surface area contributed by atoms with Crippen molar-refractivity contribution in [3.05, 3.63) is 36.0 Å². The molecule has 2 N–H and O–H groups in total. The van der Waals surface area contributed by atoms with Crippen LogP contribution in [0.5, 0.6) is 5.75 Å². The van der Waals surface area contributed by atoms with Crippen molar-refractivity contribution in [3.8, 4) is 5.75 Å². The molecule has 1 aliphatic heterocycles. The van der Waals surface area contributed by atoms with Crippen molar-refractivity contribution >= 4 is 23.3 Å².